The summed E-state index contributed by atoms with van der Waals surface area (Å²) in [5, 5.41) is 0. The van der Waals surface area contributed by atoms with Crippen LogP contribution in [0.2, 0.25) is 0 Å². The zero-order valence-electron chi connectivity index (χ0n) is 8.31. The van der Waals surface area contributed by atoms with Gasteiger partial charge in [-0.25, -0.2) is 17.6 Å². The molecule has 0 atom stereocenters. The largest absolute Gasteiger partial charge is 0.325 e. The van der Waals surface area contributed by atoms with E-state index in [0.29, 0.717) is 0 Å². The van der Waals surface area contributed by atoms with E-state index in [0.717, 1.165) is 4.90 Å². The maximum Gasteiger partial charge on any atom is 0.272 e. The van der Waals surface area contributed by atoms with Crippen molar-refractivity contribution >= 4 is 0 Å². The van der Waals surface area contributed by atoms with Gasteiger partial charge in [0.25, 0.3) is 12.3 Å². The minimum atomic E-state index is -3.10. The van der Waals surface area contributed by atoms with Crippen LogP contribution in [0.15, 0.2) is 0 Å². The fraction of sp³-hybridized carbons (Fsp3) is 1.00. The van der Waals surface area contributed by atoms with Gasteiger partial charge in [0.2, 0.25) is 0 Å². The summed E-state index contributed by atoms with van der Waals surface area (Å²) in [6.07, 6.45) is -2.61. The summed E-state index contributed by atoms with van der Waals surface area (Å²) < 4.78 is 49.6. The molecule has 0 amide bonds. The highest BCUT2D eigenvalue weighted by molar-refractivity contribution is 4.75. The van der Waals surface area contributed by atoms with Crippen LogP contribution < -0.4 is 5.73 Å². The summed E-state index contributed by atoms with van der Waals surface area (Å²) in [5.74, 6) is -3.10. The van der Waals surface area contributed by atoms with Crippen LogP contribution in [0.25, 0.3) is 0 Å². The summed E-state index contributed by atoms with van der Waals surface area (Å²) in [7, 11) is 0. The maximum atomic E-state index is 12.8. The highest BCUT2D eigenvalue weighted by atomic mass is 19.3. The van der Waals surface area contributed by atoms with Crippen LogP contribution in [0.5, 0.6) is 0 Å². The fourth-order valence-electron chi connectivity index (χ4n) is 0.997. The van der Waals surface area contributed by atoms with Crippen LogP contribution in [0.3, 0.4) is 0 Å². The Morgan fingerprint density at radius 2 is 1.79 bits per heavy atom. The Hall–Kier alpha value is -0.360. The van der Waals surface area contributed by atoms with Crippen LogP contribution in [0.1, 0.15) is 13.8 Å². The zero-order chi connectivity index (χ0) is 11.4. The highest BCUT2D eigenvalue weighted by Gasteiger charge is 2.31. The van der Waals surface area contributed by atoms with Gasteiger partial charge in [0.05, 0.1) is 19.6 Å². The number of rotatable bonds is 6. The minimum absolute atomic E-state index is 0.346. The van der Waals surface area contributed by atoms with Gasteiger partial charge in [-0.1, -0.05) is 0 Å². The number of nitrogens with zero attached hydrogens (tertiary/aromatic N) is 1. The molecular formula is C8H16F4N2. The SMILES string of the molecule is CC(C)N(CC(F)F)CC(F)(F)CN. The van der Waals surface area contributed by atoms with Crippen molar-refractivity contribution in [2.75, 3.05) is 19.6 Å². The third-order valence-corrected chi connectivity index (χ3v) is 1.84. The van der Waals surface area contributed by atoms with Crippen molar-refractivity contribution in [3.63, 3.8) is 0 Å². The van der Waals surface area contributed by atoms with Gasteiger partial charge in [0, 0.05) is 6.04 Å². The van der Waals surface area contributed by atoms with E-state index in [9.17, 15) is 17.6 Å². The molecule has 0 aromatic rings. The average molecular weight is 216 g/mol. The first-order chi connectivity index (χ1) is 6.28. The number of hydrogen-bond donors (Lipinski definition) is 1. The predicted octanol–water partition coefficient (Wildman–Crippen LogP) is 1.56. The molecule has 0 aromatic heterocycles. The second-order valence-electron chi connectivity index (χ2n) is 3.47. The molecule has 0 aliphatic heterocycles. The van der Waals surface area contributed by atoms with Gasteiger partial charge in [0.15, 0.2) is 0 Å². The summed E-state index contributed by atoms with van der Waals surface area (Å²) in [5.41, 5.74) is 4.82. The summed E-state index contributed by atoms with van der Waals surface area (Å²) in [6.45, 7) is 1.00. The molecule has 86 valence electrons. The van der Waals surface area contributed by atoms with E-state index >= 15 is 0 Å². The smallest absolute Gasteiger partial charge is 0.272 e. The quantitative estimate of drug-likeness (QED) is 0.683. The number of halogens is 4. The minimum Gasteiger partial charge on any atom is -0.325 e. The number of nitrogens with two attached hydrogens (primary N) is 1. The molecule has 6 heteroatoms. The molecule has 0 bridgehead atoms. The van der Waals surface area contributed by atoms with E-state index in [2.05, 4.69) is 0 Å². The molecular weight excluding hydrogens is 200 g/mol. The Balaban J connectivity index is 4.23. The maximum absolute atomic E-state index is 12.8. The molecule has 0 radical (unpaired) electrons. The van der Waals surface area contributed by atoms with Crippen LogP contribution in [-0.2, 0) is 0 Å². The van der Waals surface area contributed by atoms with Crippen LogP contribution >= 0.6 is 0 Å². The highest BCUT2D eigenvalue weighted by Crippen LogP contribution is 2.16. The molecule has 0 aliphatic rings. The molecule has 0 fully saturated rings. The molecule has 0 saturated heterocycles. The molecule has 0 spiro atoms. The Morgan fingerprint density at radius 1 is 1.29 bits per heavy atom. The summed E-state index contributed by atoms with van der Waals surface area (Å²) >= 11 is 0. The zero-order valence-corrected chi connectivity index (χ0v) is 8.31. The second kappa shape index (κ2) is 5.50. The predicted molar refractivity (Wildman–Crippen MR) is 46.7 cm³/mol. The van der Waals surface area contributed by atoms with Crippen molar-refractivity contribution in [3.8, 4) is 0 Å². The van der Waals surface area contributed by atoms with Crippen LogP contribution in [0, 0.1) is 0 Å². The molecule has 0 rings (SSSR count). The molecule has 0 heterocycles. The molecule has 0 aromatic carbocycles. The lowest BCUT2D eigenvalue weighted by atomic mass is 10.2. The van der Waals surface area contributed by atoms with E-state index < -0.39 is 32.0 Å². The second-order valence-corrected chi connectivity index (χ2v) is 3.47. The molecule has 0 aliphatic carbocycles. The van der Waals surface area contributed by atoms with E-state index in [4.69, 9.17) is 5.73 Å². The van der Waals surface area contributed by atoms with E-state index in [1.165, 1.54) is 0 Å². The van der Waals surface area contributed by atoms with E-state index in [1.54, 1.807) is 13.8 Å². The van der Waals surface area contributed by atoms with Crippen molar-refractivity contribution in [2.24, 2.45) is 5.73 Å². The average Bonchev–Trinajstić information content (AvgIpc) is 2.02. The third kappa shape index (κ3) is 5.39. The standard InChI is InChI=1S/C8H16F4N2/c1-6(2)14(3-7(9)10)5-8(11,12)4-13/h6-7H,3-5,13H2,1-2H3. The lowest BCUT2D eigenvalue weighted by molar-refractivity contribution is -0.0445. The normalized spacial score (nSPS) is 13.3. The topological polar surface area (TPSA) is 29.3 Å². The Kier molecular flexibility index (Phi) is 5.36. The van der Waals surface area contributed by atoms with Gasteiger partial charge in [0.1, 0.15) is 0 Å². The molecule has 2 N–H and O–H groups in total. The molecule has 14 heavy (non-hydrogen) atoms. The molecule has 0 unspecified atom stereocenters. The van der Waals surface area contributed by atoms with Crippen molar-refractivity contribution in [3.05, 3.63) is 0 Å². The van der Waals surface area contributed by atoms with Crippen molar-refractivity contribution in [1.29, 1.82) is 0 Å². The first-order valence-corrected chi connectivity index (χ1v) is 4.38. The van der Waals surface area contributed by atoms with Gasteiger partial charge in [-0.05, 0) is 13.8 Å². The number of hydrogen-bond acceptors (Lipinski definition) is 2. The number of alkyl halides is 4. The molecule has 2 nitrogen and oxygen atoms in total. The van der Waals surface area contributed by atoms with Gasteiger partial charge in [-0.2, -0.15) is 0 Å². The Labute approximate surface area is 81.1 Å². The van der Waals surface area contributed by atoms with Crippen LogP contribution in [0.4, 0.5) is 17.6 Å². The van der Waals surface area contributed by atoms with Crippen molar-refractivity contribution < 1.29 is 17.6 Å². The Morgan fingerprint density at radius 3 is 2.07 bits per heavy atom. The summed E-state index contributed by atoms with van der Waals surface area (Å²) in [4.78, 5) is 1.03. The lowest BCUT2D eigenvalue weighted by Gasteiger charge is -2.29. The van der Waals surface area contributed by atoms with Gasteiger partial charge in [-0.3, -0.25) is 4.90 Å². The monoisotopic (exact) mass is 216 g/mol. The van der Waals surface area contributed by atoms with Gasteiger partial charge < -0.3 is 5.73 Å². The lowest BCUT2D eigenvalue weighted by Crippen LogP contribution is -2.46. The third-order valence-electron chi connectivity index (χ3n) is 1.84. The van der Waals surface area contributed by atoms with Gasteiger partial charge >= 0.3 is 0 Å². The first kappa shape index (κ1) is 13.6. The van der Waals surface area contributed by atoms with Gasteiger partial charge in [-0.15, -0.1) is 0 Å². The van der Waals surface area contributed by atoms with Crippen LogP contribution in [-0.4, -0.2) is 42.9 Å². The fourth-order valence-corrected chi connectivity index (χ4v) is 0.997. The molecule has 0 saturated carbocycles. The van der Waals surface area contributed by atoms with Crippen molar-refractivity contribution in [2.45, 2.75) is 32.2 Å². The van der Waals surface area contributed by atoms with E-state index in [1.807, 2.05) is 0 Å². The Bertz CT molecular complexity index is 161. The van der Waals surface area contributed by atoms with Crippen molar-refractivity contribution in [1.82, 2.24) is 4.90 Å². The first-order valence-electron chi connectivity index (χ1n) is 4.38. The van der Waals surface area contributed by atoms with E-state index in [-0.39, 0.29) is 6.04 Å². The summed E-state index contributed by atoms with van der Waals surface area (Å²) in [6, 6.07) is -0.346.